The molecule has 0 fully saturated rings. The maximum absolute atomic E-state index is 13.8. The maximum Gasteiger partial charge on any atom is 0.262 e. The van der Waals surface area contributed by atoms with Crippen molar-refractivity contribution in [2.45, 2.75) is 26.7 Å². The van der Waals surface area contributed by atoms with E-state index in [1.54, 1.807) is 17.5 Å². The number of carbonyl (C=O) groups excluding carboxylic acids is 1. The molecule has 0 spiro atoms. The molecular weight excluding hydrogens is 456 g/mol. The van der Waals surface area contributed by atoms with Crippen LogP contribution in [0, 0.1) is 11.6 Å². The van der Waals surface area contributed by atoms with Crippen molar-refractivity contribution < 1.29 is 13.6 Å². The van der Waals surface area contributed by atoms with E-state index in [9.17, 15) is 13.6 Å². The third-order valence-corrected chi connectivity index (χ3v) is 6.38. The minimum absolute atomic E-state index is 0. The quantitative estimate of drug-likeness (QED) is 0.551. The number of rotatable bonds is 5. The van der Waals surface area contributed by atoms with Gasteiger partial charge in [-0.2, -0.15) is 0 Å². The summed E-state index contributed by atoms with van der Waals surface area (Å²) in [7, 11) is 0. The second kappa shape index (κ2) is 10.1. The van der Waals surface area contributed by atoms with Crippen LogP contribution in [0.5, 0.6) is 0 Å². The molecule has 1 aliphatic heterocycles. The van der Waals surface area contributed by atoms with Crippen molar-refractivity contribution in [1.82, 2.24) is 15.0 Å². The van der Waals surface area contributed by atoms with E-state index in [-0.39, 0.29) is 18.2 Å². The summed E-state index contributed by atoms with van der Waals surface area (Å²) in [5.74, 6) is -2.65. The lowest BCUT2D eigenvalue weighted by atomic mass is 9.99. The monoisotopic (exact) mass is 477 g/mol. The summed E-state index contributed by atoms with van der Waals surface area (Å²) < 4.78 is 27.6. The molecule has 3 heterocycles. The number of nitrogens with zero attached hydrogens (tertiary/aromatic N) is 4. The molecule has 4 rings (SSSR count). The fourth-order valence-electron chi connectivity index (χ4n) is 3.37. The van der Waals surface area contributed by atoms with Gasteiger partial charge in [0.1, 0.15) is 17.2 Å². The Hall–Kier alpha value is -2.91. The van der Waals surface area contributed by atoms with Gasteiger partial charge in [-0.1, -0.05) is 18.6 Å². The van der Waals surface area contributed by atoms with Crippen LogP contribution in [0.15, 0.2) is 42.4 Å². The molecule has 1 N–H and O–H groups in total. The van der Waals surface area contributed by atoms with Crippen LogP contribution < -0.4 is 10.2 Å². The van der Waals surface area contributed by atoms with E-state index >= 15 is 0 Å². The normalized spacial score (nSPS) is 13.7. The van der Waals surface area contributed by atoms with Crippen molar-refractivity contribution in [3.8, 4) is 0 Å². The number of hydrogen-bond donors (Lipinski definition) is 1. The molecule has 1 amide bonds. The topological polar surface area (TPSA) is 71.0 Å². The minimum atomic E-state index is -0.932. The smallest absolute Gasteiger partial charge is 0.262 e. The van der Waals surface area contributed by atoms with E-state index < -0.39 is 23.1 Å². The van der Waals surface area contributed by atoms with Gasteiger partial charge in [0.25, 0.3) is 5.91 Å². The highest BCUT2D eigenvalue weighted by molar-refractivity contribution is 7.15. The minimum Gasteiger partial charge on any atom is -0.343 e. The Kier molecular flexibility index (Phi) is 7.52. The number of thiazole rings is 1. The van der Waals surface area contributed by atoms with E-state index in [4.69, 9.17) is 0 Å². The molecule has 10 heteroatoms. The Morgan fingerprint density at radius 2 is 1.91 bits per heavy atom. The molecule has 1 aliphatic rings. The molecule has 1 aromatic carbocycles. The van der Waals surface area contributed by atoms with Crippen molar-refractivity contribution >= 4 is 46.2 Å². The van der Waals surface area contributed by atoms with Gasteiger partial charge in [0, 0.05) is 24.2 Å². The summed E-state index contributed by atoms with van der Waals surface area (Å²) in [5.41, 5.74) is 2.34. The highest BCUT2D eigenvalue weighted by atomic mass is 35.5. The second-order valence-electron chi connectivity index (χ2n) is 7.23. The van der Waals surface area contributed by atoms with Gasteiger partial charge in [0.2, 0.25) is 0 Å². The molecule has 0 aliphatic carbocycles. The van der Waals surface area contributed by atoms with Gasteiger partial charge in [-0.25, -0.2) is 18.7 Å². The van der Waals surface area contributed by atoms with Crippen LogP contribution in [-0.2, 0) is 6.42 Å². The van der Waals surface area contributed by atoms with Gasteiger partial charge in [-0.3, -0.25) is 9.78 Å². The van der Waals surface area contributed by atoms with Crippen LogP contribution in [0.4, 0.5) is 19.7 Å². The van der Waals surface area contributed by atoms with E-state index in [1.165, 1.54) is 22.7 Å². The van der Waals surface area contributed by atoms with Crippen LogP contribution >= 0.6 is 23.7 Å². The van der Waals surface area contributed by atoms with Gasteiger partial charge >= 0.3 is 0 Å². The van der Waals surface area contributed by atoms with Crippen molar-refractivity contribution in [3.05, 3.63) is 70.1 Å². The third kappa shape index (κ3) is 4.94. The lowest BCUT2D eigenvalue weighted by Gasteiger charge is -2.29. The number of amides is 1. The van der Waals surface area contributed by atoms with Gasteiger partial charge in [-0.05, 0) is 37.5 Å². The second-order valence-corrected chi connectivity index (χ2v) is 8.32. The molecule has 6 nitrogen and oxygen atoms in total. The first-order valence-corrected chi connectivity index (χ1v) is 10.7. The molecule has 0 atom stereocenters. The van der Waals surface area contributed by atoms with Crippen LogP contribution in [0.1, 0.15) is 41.2 Å². The molecule has 3 aromatic rings. The molecule has 2 aromatic heterocycles. The molecule has 0 bridgehead atoms. The van der Waals surface area contributed by atoms with Crippen molar-refractivity contribution in [1.29, 1.82) is 0 Å². The molecule has 0 radical (unpaired) electrons. The highest BCUT2D eigenvalue weighted by Gasteiger charge is 2.22. The molecule has 32 heavy (non-hydrogen) atoms. The van der Waals surface area contributed by atoms with E-state index in [0.29, 0.717) is 12.2 Å². The Balaban J connectivity index is 0.00000289. The van der Waals surface area contributed by atoms with E-state index in [2.05, 4.69) is 39.0 Å². The highest BCUT2D eigenvalue weighted by Crippen LogP contribution is 2.31. The average molecular weight is 478 g/mol. The summed E-state index contributed by atoms with van der Waals surface area (Å²) in [6, 6.07) is 3.26. The summed E-state index contributed by atoms with van der Waals surface area (Å²) >= 11 is 1.69. The standard InChI is InChI=1S/C22H21F2N5OS.ClH/c1-3-14-9-27-22(31-14)29-8-7-13(2)15(12-29)18-10-26-19(11-25-18)28-21(30)20-16(23)5-4-6-17(20)24;/h4-6,9-11H,3,7-8,12H2,1-2H3,(H,26,28,30);1H. The zero-order valence-corrected chi connectivity index (χ0v) is 19.2. The van der Waals surface area contributed by atoms with Gasteiger partial charge in [-0.15, -0.1) is 23.7 Å². The van der Waals surface area contributed by atoms with Crippen molar-refractivity contribution in [2.24, 2.45) is 0 Å². The number of anilines is 2. The molecular formula is C22H22ClF2N5OS. The number of carbonyl (C=O) groups is 1. The van der Waals surface area contributed by atoms with Crippen LogP contribution in [-0.4, -0.2) is 33.9 Å². The largest absolute Gasteiger partial charge is 0.343 e. The van der Waals surface area contributed by atoms with Crippen LogP contribution in [0.2, 0.25) is 0 Å². The SMILES string of the molecule is CCc1cnc(N2CCC(C)=C(c3cnc(NC(=O)c4c(F)cccc4F)cn3)C2)s1.Cl. The zero-order chi connectivity index (χ0) is 22.0. The number of benzene rings is 1. The van der Waals surface area contributed by atoms with Gasteiger partial charge in [0.15, 0.2) is 10.9 Å². The zero-order valence-electron chi connectivity index (χ0n) is 17.6. The summed E-state index contributed by atoms with van der Waals surface area (Å²) in [4.78, 5) is 28.9. The van der Waals surface area contributed by atoms with E-state index in [1.807, 2.05) is 6.20 Å². The fraction of sp³-hybridized carbons (Fsp3) is 0.273. The molecule has 0 unspecified atom stereocenters. The Morgan fingerprint density at radius 1 is 1.16 bits per heavy atom. The fourth-order valence-corrected chi connectivity index (χ4v) is 4.24. The van der Waals surface area contributed by atoms with E-state index in [0.717, 1.165) is 42.2 Å². The third-order valence-electron chi connectivity index (χ3n) is 5.17. The van der Waals surface area contributed by atoms with Crippen molar-refractivity contribution in [2.75, 3.05) is 23.3 Å². The average Bonchev–Trinajstić information content (AvgIpc) is 3.24. The predicted octanol–water partition coefficient (Wildman–Crippen LogP) is 5.13. The maximum atomic E-state index is 13.8. The lowest BCUT2D eigenvalue weighted by molar-refractivity contribution is 0.101. The first kappa shape index (κ1) is 23.7. The summed E-state index contributed by atoms with van der Waals surface area (Å²) in [6.45, 7) is 5.74. The predicted molar refractivity (Wildman–Crippen MR) is 125 cm³/mol. The van der Waals surface area contributed by atoms with Crippen LogP contribution in [0.3, 0.4) is 0 Å². The number of aromatic nitrogens is 3. The first-order chi connectivity index (χ1) is 15.0. The molecule has 0 saturated heterocycles. The molecule has 168 valence electrons. The Labute approximate surface area is 194 Å². The summed E-state index contributed by atoms with van der Waals surface area (Å²) in [6.07, 6.45) is 6.73. The lowest BCUT2D eigenvalue weighted by Crippen LogP contribution is -2.31. The number of halogens is 3. The first-order valence-electron chi connectivity index (χ1n) is 9.92. The van der Waals surface area contributed by atoms with Crippen LogP contribution in [0.25, 0.3) is 5.57 Å². The Morgan fingerprint density at radius 3 is 2.53 bits per heavy atom. The molecule has 0 saturated carbocycles. The Bertz CT molecular complexity index is 1130. The number of hydrogen-bond acceptors (Lipinski definition) is 6. The van der Waals surface area contributed by atoms with Gasteiger partial charge in [0.05, 0.1) is 18.1 Å². The van der Waals surface area contributed by atoms with Gasteiger partial charge < -0.3 is 10.2 Å². The number of aryl methyl sites for hydroxylation is 1. The summed E-state index contributed by atoms with van der Waals surface area (Å²) in [5, 5.41) is 3.39. The van der Waals surface area contributed by atoms with Crippen molar-refractivity contribution in [3.63, 3.8) is 0 Å². The number of nitrogens with one attached hydrogen (secondary N) is 1.